The Morgan fingerprint density at radius 3 is 1.62 bits per heavy atom. The van der Waals surface area contributed by atoms with Crippen LogP contribution in [-0.4, -0.2) is 35.3 Å². The molecule has 0 bridgehead atoms. The summed E-state index contributed by atoms with van der Waals surface area (Å²) in [5.41, 5.74) is -0.573. The first-order chi connectivity index (χ1) is 11.3. The number of hydrogen-bond donors (Lipinski definition) is 1. The Bertz CT molecular complexity index is 704. The average molecular weight is 366 g/mol. The summed E-state index contributed by atoms with van der Waals surface area (Å²) in [5.74, 6) is -0.686. The normalized spacial score (nSPS) is 21.8. The van der Waals surface area contributed by atoms with Crippen molar-refractivity contribution in [3.63, 3.8) is 0 Å². The van der Waals surface area contributed by atoms with Crippen LogP contribution in [0.15, 0.2) is 22.7 Å². The first-order valence-electron chi connectivity index (χ1n) is 8.07. The van der Waals surface area contributed by atoms with Crippen LogP contribution in [0.5, 0.6) is 0 Å². The van der Waals surface area contributed by atoms with Crippen molar-refractivity contribution in [2.75, 3.05) is 7.11 Å². The molecule has 0 saturated carbocycles. The number of rotatable bonds is 1. The van der Waals surface area contributed by atoms with E-state index in [1.807, 2.05) is 0 Å². The van der Waals surface area contributed by atoms with E-state index in [2.05, 4.69) is 0 Å². The maximum Gasteiger partial charge on any atom is 0.198 e. The van der Waals surface area contributed by atoms with E-state index in [1.54, 1.807) is 34.6 Å². The summed E-state index contributed by atoms with van der Waals surface area (Å²) in [6.07, 6.45) is 0.349. The van der Waals surface area contributed by atoms with Crippen LogP contribution in [-0.2, 0) is 23.9 Å². The highest BCUT2D eigenvalue weighted by Gasteiger charge is 2.39. The molecule has 0 aromatic rings. The van der Waals surface area contributed by atoms with E-state index in [9.17, 15) is 19.2 Å². The third-order valence-corrected chi connectivity index (χ3v) is 4.53. The van der Waals surface area contributed by atoms with Crippen molar-refractivity contribution in [1.82, 2.24) is 0 Å². The molecule has 0 unspecified atom stereocenters. The van der Waals surface area contributed by atoms with Gasteiger partial charge < -0.3 is 9.84 Å². The lowest BCUT2D eigenvalue weighted by atomic mass is 9.75. The highest BCUT2D eigenvalue weighted by atomic mass is 16.5. The molecule has 0 atom stereocenters. The molecule has 6 nitrogen and oxygen atoms in total. The van der Waals surface area contributed by atoms with Gasteiger partial charge in [-0.3, -0.25) is 19.2 Å². The third-order valence-electron chi connectivity index (χ3n) is 4.53. The standard InChI is InChI=1S/C10H14O3.C9H12O3.CH4/c1-6-8(13-4)7(11)5-10(2,3)9(6)12;1-5-7(11)6(10)4-9(2,3)8(5)12;/h5H2,1-4H3;11H,4H2,1-3H3;1H4. The lowest BCUT2D eigenvalue weighted by Crippen LogP contribution is -2.34. The zero-order chi connectivity index (χ0) is 19.7. The molecule has 0 amide bonds. The first-order valence-corrected chi connectivity index (χ1v) is 8.07. The molecule has 0 fully saturated rings. The summed E-state index contributed by atoms with van der Waals surface area (Å²) in [7, 11) is 1.42. The molecular weight excluding hydrogens is 336 g/mol. The number of hydrogen-bond acceptors (Lipinski definition) is 6. The Kier molecular flexibility index (Phi) is 7.29. The predicted octanol–water partition coefficient (Wildman–Crippen LogP) is 3.50. The summed E-state index contributed by atoms with van der Waals surface area (Å²) in [6, 6.07) is 0. The van der Waals surface area contributed by atoms with Crippen molar-refractivity contribution in [3.05, 3.63) is 22.7 Å². The molecule has 0 aromatic carbocycles. The predicted molar refractivity (Wildman–Crippen MR) is 98.6 cm³/mol. The summed E-state index contributed by atoms with van der Waals surface area (Å²) < 4.78 is 4.89. The van der Waals surface area contributed by atoms with E-state index in [0.29, 0.717) is 5.57 Å². The second-order valence-corrected chi connectivity index (χ2v) is 7.76. The molecule has 26 heavy (non-hydrogen) atoms. The fourth-order valence-corrected chi connectivity index (χ4v) is 3.04. The second-order valence-electron chi connectivity index (χ2n) is 7.76. The molecule has 0 radical (unpaired) electrons. The Hall–Kier alpha value is -2.24. The summed E-state index contributed by atoms with van der Waals surface area (Å²) >= 11 is 0. The minimum atomic E-state index is -0.645. The van der Waals surface area contributed by atoms with Gasteiger partial charge in [-0.15, -0.1) is 0 Å². The minimum absolute atomic E-state index is 0. The zero-order valence-electron chi connectivity index (χ0n) is 15.9. The van der Waals surface area contributed by atoms with Crippen LogP contribution >= 0.6 is 0 Å². The van der Waals surface area contributed by atoms with Crippen molar-refractivity contribution >= 4 is 23.1 Å². The highest BCUT2D eigenvalue weighted by molar-refractivity contribution is 6.13. The van der Waals surface area contributed by atoms with E-state index >= 15 is 0 Å². The van der Waals surface area contributed by atoms with E-state index < -0.39 is 10.8 Å². The highest BCUT2D eigenvalue weighted by Crippen LogP contribution is 2.33. The van der Waals surface area contributed by atoms with E-state index in [-0.39, 0.29) is 60.5 Å². The number of methoxy groups -OCH3 is 1. The SMILES string of the molecule is C.CC1=C(O)C(=O)CC(C)(C)C1=O.COC1=C(C)C(=O)C(C)(C)CC1=O. The molecule has 1 N–H and O–H groups in total. The van der Waals surface area contributed by atoms with Crippen molar-refractivity contribution in [2.24, 2.45) is 10.8 Å². The lowest BCUT2D eigenvalue weighted by Gasteiger charge is -2.28. The summed E-state index contributed by atoms with van der Waals surface area (Å²) in [4.78, 5) is 45.7. The van der Waals surface area contributed by atoms with Crippen LogP contribution in [0, 0.1) is 10.8 Å². The van der Waals surface area contributed by atoms with Gasteiger partial charge in [-0.1, -0.05) is 35.1 Å². The number of allylic oxidation sites excluding steroid dienone is 4. The molecule has 2 aliphatic rings. The Labute approximate surface area is 155 Å². The molecule has 0 spiro atoms. The number of carbonyl (C=O) groups excluding carboxylic acids is 4. The van der Waals surface area contributed by atoms with Crippen molar-refractivity contribution in [2.45, 2.75) is 61.8 Å². The van der Waals surface area contributed by atoms with Crippen LogP contribution in [0.3, 0.4) is 0 Å². The molecule has 2 rings (SSSR count). The molecule has 146 valence electrons. The maximum atomic E-state index is 11.7. The largest absolute Gasteiger partial charge is 0.504 e. The van der Waals surface area contributed by atoms with Crippen LogP contribution in [0.4, 0.5) is 0 Å². The Morgan fingerprint density at radius 2 is 1.19 bits per heavy atom. The second kappa shape index (κ2) is 7.98. The average Bonchev–Trinajstić information content (AvgIpc) is 2.49. The van der Waals surface area contributed by atoms with E-state index in [4.69, 9.17) is 9.84 Å². The van der Waals surface area contributed by atoms with Crippen molar-refractivity contribution < 1.29 is 29.0 Å². The number of Topliss-reactive ketones (excluding diaryl/α,β-unsaturated/α-hetero) is 4. The van der Waals surface area contributed by atoms with Crippen LogP contribution < -0.4 is 0 Å². The Morgan fingerprint density at radius 1 is 0.808 bits per heavy atom. The fraction of sp³-hybridized carbons (Fsp3) is 0.600. The van der Waals surface area contributed by atoms with E-state index in [1.165, 1.54) is 14.0 Å². The monoisotopic (exact) mass is 366 g/mol. The third kappa shape index (κ3) is 4.48. The molecule has 0 aliphatic heterocycles. The number of aliphatic hydroxyl groups excluding tert-OH is 1. The quantitative estimate of drug-likeness (QED) is 0.763. The number of aliphatic hydroxyl groups is 1. The van der Waals surface area contributed by atoms with Gasteiger partial charge in [0, 0.05) is 34.8 Å². The molecule has 0 aromatic heterocycles. The first kappa shape index (κ1) is 23.8. The zero-order valence-corrected chi connectivity index (χ0v) is 15.9. The molecule has 2 aliphatic carbocycles. The van der Waals surface area contributed by atoms with Gasteiger partial charge in [0.15, 0.2) is 34.7 Å². The van der Waals surface area contributed by atoms with Crippen molar-refractivity contribution in [1.29, 1.82) is 0 Å². The Balaban J connectivity index is 0.000000464. The topological polar surface area (TPSA) is 97.7 Å². The van der Waals surface area contributed by atoms with Gasteiger partial charge in [0.1, 0.15) is 0 Å². The van der Waals surface area contributed by atoms with E-state index in [0.717, 1.165) is 0 Å². The molecule has 0 heterocycles. The number of ether oxygens (including phenoxy) is 1. The van der Waals surface area contributed by atoms with Gasteiger partial charge in [0.05, 0.1) is 7.11 Å². The van der Waals surface area contributed by atoms with Crippen LogP contribution in [0.1, 0.15) is 61.8 Å². The van der Waals surface area contributed by atoms with Gasteiger partial charge in [-0.05, 0) is 13.8 Å². The van der Waals surface area contributed by atoms with Crippen LogP contribution in [0.2, 0.25) is 0 Å². The van der Waals surface area contributed by atoms with Gasteiger partial charge >= 0.3 is 0 Å². The van der Waals surface area contributed by atoms with Gasteiger partial charge in [0.25, 0.3) is 0 Å². The van der Waals surface area contributed by atoms with Gasteiger partial charge in [0.2, 0.25) is 0 Å². The van der Waals surface area contributed by atoms with Crippen molar-refractivity contribution in [3.8, 4) is 0 Å². The summed E-state index contributed by atoms with van der Waals surface area (Å²) in [5, 5.41) is 9.16. The van der Waals surface area contributed by atoms with Gasteiger partial charge in [-0.25, -0.2) is 0 Å². The number of carbonyl (C=O) groups is 4. The van der Waals surface area contributed by atoms with Gasteiger partial charge in [-0.2, -0.15) is 0 Å². The van der Waals surface area contributed by atoms with Crippen LogP contribution in [0.25, 0.3) is 0 Å². The minimum Gasteiger partial charge on any atom is -0.504 e. The maximum absolute atomic E-state index is 11.7. The smallest absolute Gasteiger partial charge is 0.198 e. The molecular formula is C20H30O6. The number of ketones is 4. The fourth-order valence-electron chi connectivity index (χ4n) is 3.04. The summed E-state index contributed by atoms with van der Waals surface area (Å²) in [6.45, 7) is 10.1. The molecule has 0 saturated heterocycles. The molecule has 6 heteroatoms. The lowest BCUT2D eigenvalue weighted by molar-refractivity contribution is -0.132.